The number of nitrogens with one attached hydrogen (secondary N) is 1. The van der Waals surface area contributed by atoms with E-state index in [1.165, 1.54) is 0 Å². The monoisotopic (exact) mass is 669 g/mol. The number of allylic oxidation sites excluding steroid dienone is 1. The number of aromatic nitrogens is 5. The molecule has 22 heteroatoms. The second-order valence-electron chi connectivity index (χ2n) is 8.37. The lowest BCUT2D eigenvalue weighted by Gasteiger charge is -2.28. The zero-order valence-corrected chi connectivity index (χ0v) is 22.6. The molecule has 0 unspecified atom stereocenters. The van der Waals surface area contributed by atoms with Crippen LogP contribution in [0.15, 0.2) is 65.0 Å². The Hall–Kier alpha value is -5.15. The predicted molar refractivity (Wildman–Crippen MR) is 134 cm³/mol. The molecular weight excluding hydrogens is 654 g/mol. The number of hydrogen-bond acceptors (Lipinski definition) is 11. The number of rotatable bonds is 12. The maximum Gasteiger partial charge on any atom is 0.460 e. The number of nitro groups is 1. The quantitative estimate of drug-likeness (QED) is 0.0506. The summed E-state index contributed by atoms with van der Waals surface area (Å²) in [6.45, 7) is 2.70. The first kappa shape index (κ1) is 34.3. The molecule has 0 aliphatic heterocycles. The number of aliphatic hydroxyl groups is 1. The number of benzene rings is 1. The number of aliphatic hydroxyl groups excluding tert-OH is 1. The van der Waals surface area contributed by atoms with E-state index >= 15 is 0 Å². The average molecular weight is 669 g/mol. The van der Waals surface area contributed by atoms with Crippen molar-refractivity contribution in [2.75, 3.05) is 11.9 Å². The predicted octanol–water partition coefficient (Wildman–Crippen LogP) is 4.98. The number of pyridine rings is 1. The fraction of sp³-hybridized carbons (Fsp3) is 0.217. The summed E-state index contributed by atoms with van der Waals surface area (Å²) in [6, 6.07) is 2.37. The van der Waals surface area contributed by atoms with Crippen molar-refractivity contribution >= 4 is 35.1 Å². The molecule has 0 aliphatic rings. The van der Waals surface area contributed by atoms with Crippen LogP contribution in [0.2, 0.25) is 0 Å². The number of nitrogens with zero attached hydrogens (tertiary/aromatic N) is 6. The molecule has 0 atom stereocenters. The first-order valence-electron chi connectivity index (χ1n) is 11.6. The molecule has 1 amide bonds. The summed E-state index contributed by atoms with van der Waals surface area (Å²) < 4.78 is 113. The van der Waals surface area contributed by atoms with Gasteiger partial charge in [-0.1, -0.05) is 6.58 Å². The zero-order chi connectivity index (χ0) is 33.7. The van der Waals surface area contributed by atoms with E-state index in [1.807, 2.05) is 0 Å². The maximum atomic E-state index is 14.5. The largest absolute Gasteiger partial charge is 0.509 e. The molecule has 2 aromatic heterocycles. The molecule has 0 fully saturated rings. The van der Waals surface area contributed by atoms with Crippen LogP contribution in [0.5, 0.6) is 0 Å². The second-order valence-corrected chi connectivity index (χ2v) is 9.38. The summed E-state index contributed by atoms with van der Waals surface area (Å²) in [7, 11) is 0. The van der Waals surface area contributed by atoms with Crippen LogP contribution in [0, 0.1) is 15.9 Å². The maximum absolute atomic E-state index is 14.5. The normalized spacial score (nSPS) is 12.3. The molecule has 2 N–H and O–H groups in total. The topological polar surface area (TPSA) is 175 Å². The van der Waals surface area contributed by atoms with Crippen molar-refractivity contribution in [2.45, 2.75) is 34.6 Å². The first-order valence-corrected chi connectivity index (χ1v) is 12.4. The molecule has 0 bridgehead atoms. The van der Waals surface area contributed by atoms with Gasteiger partial charge in [-0.3, -0.25) is 14.9 Å². The van der Waals surface area contributed by atoms with Gasteiger partial charge in [-0.25, -0.2) is 18.9 Å². The summed E-state index contributed by atoms with van der Waals surface area (Å²) >= 11 is 0.636. The third-order valence-electron chi connectivity index (χ3n) is 5.26. The van der Waals surface area contributed by atoms with Crippen molar-refractivity contribution < 1.29 is 59.5 Å². The van der Waals surface area contributed by atoms with Crippen molar-refractivity contribution in [3.05, 3.63) is 82.0 Å². The van der Waals surface area contributed by atoms with Crippen molar-refractivity contribution in [3.8, 4) is 0 Å². The number of carbonyl (C=O) groups is 2. The highest BCUT2D eigenvalue weighted by molar-refractivity contribution is 7.99. The van der Waals surface area contributed by atoms with Gasteiger partial charge in [-0.2, -0.15) is 30.7 Å². The minimum Gasteiger partial charge on any atom is -0.509 e. The first-order chi connectivity index (χ1) is 20.8. The van der Waals surface area contributed by atoms with Gasteiger partial charge >= 0.3 is 24.0 Å². The SMILES string of the molecule is C=C(O)/C=C/C(=O)OCCn1nnnc1Sc1ccc([N+](=O)[O-])cc1C(=O)Nc1ncc(C(F)(F)C(F)(F)C(F)(F)F)cc1F. The Kier molecular flexibility index (Phi) is 10.1. The van der Waals surface area contributed by atoms with Crippen LogP contribution in [-0.4, -0.2) is 65.8 Å². The lowest BCUT2D eigenvalue weighted by molar-refractivity contribution is -0.384. The summed E-state index contributed by atoms with van der Waals surface area (Å²) in [5, 5.41) is 32.8. The van der Waals surface area contributed by atoms with E-state index < -0.39 is 69.0 Å². The van der Waals surface area contributed by atoms with Crippen LogP contribution in [-0.2, 0) is 22.0 Å². The summed E-state index contributed by atoms with van der Waals surface area (Å²) in [5.74, 6) is -18.3. The Morgan fingerprint density at radius 3 is 2.44 bits per heavy atom. The second kappa shape index (κ2) is 13.2. The molecule has 240 valence electrons. The van der Waals surface area contributed by atoms with E-state index in [1.54, 1.807) is 5.32 Å². The van der Waals surface area contributed by atoms with Gasteiger partial charge in [0.05, 0.1) is 17.0 Å². The number of tetrazole rings is 1. The van der Waals surface area contributed by atoms with Crippen LogP contribution in [0.25, 0.3) is 0 Å². The lowest BCUT2D eigenvalue weighted by atomic mass is 10.0. The number of nitro benzene ring substituents is 1. The minimum atomic E-state index is -6.70. The number of anilines is 1. The van der Waals surface area contributed by atoms with E-state index in [4.69, 9.17) is 9.84 Å². The summed E-state index contributed by atoms with van der Waals surface area (Å²) in [4.78, 5) is 37.9. The number of halogens is 8. The van der Waals surface area contributed by atoms with Gasteiger partial charge in [0.25, 0.3) is 11.6 Å². The van der Waals surface area contributed by atoms with E-state index in [9.17, 15) is 54.8 Å². The van der Waals surface area contributed by atoms with Crippen LogP contribution < -0.4 is 5.32 Å². The highest BCUT2D eigenvalue weighted by atomic mass is 32.2. The van der Waals surface area contributed by atoms with Gasteiger partial charge < -0.3 is 15.2 Å². The van der Waals surface area contributed by atoms with Gasteiger partial charge in [-0.15, -0.1) is 5.10 Å². The van der Waals surface area contributed by atoms with Crippen LogP contribution >= 0.6 is 11.8 Å². The van der Waals surface area contributed by atoms with Crippen molar-refractivity contribution in [1.82, 2.24) is 25.2 Å². The molecule has 13 nitrogen and oxygen atoms in total. The van der Waals surface area contributed by atoms with Crippen molar-refractivity contribution in [1.29, 1.82) is 0 Å². The third kappa shape index (κ3) is 7.87. The fourth-order valence-corrected chi connectivity index (χ4v) is 3.99. The van der Waals surface area contributed by atoms with Gasteiger partial charge in [-0.05, 0) is 40.4 Å². The third-order valence-corrected chi connectivity index (χ3v) is 6.32. The Morgan fingerprint density at radius 1 is 1.16 bits per heavy atom. The molecule has 0 aliphatic carbocycles. The average Bonchev–Trinajstić information content (AvgIpc) is 3.38. The van der Waals surface area contributed by atoms with E-state index in [0.717, 1.165) is 35.0 Å². The van der Waals surface area contributed by atoms with Crippen LogP contribution in [0.1, 0.15) is 15.9 Å². The summed E-state index contributed by atoms with van der Waals surface area (Å²) in [5.41, 5.74) is -3.35. The summed E-state index contributed by atoms with van der Waals surface area (Å²) in [6.07, 6.45) is -5.06. The number of ether oxygens (including phenoxy) is 1. The number of hydrogen-bond donors (Lipinski definition) is 2. The molecule has 0 radical (unpaired) electrons. The molecule has 3 rings (SSSR count). The molecule has 3 aromatic rings. The minimum absolute atomic E-state index is 0.0605. The van der Waals surface area contributed by atoms with Gasteiger partial charge in [0, 0.05) is 34.9 Å². The molecule has 0 saturated heterocycles. The van der Waals surface area contributed by atoms with Crippen LogP contribution in [0.3, 0.4) is 0 Å². The molecule has 0 spiro atoms. The molecular formula is C23H15F8N7O6S. The highest BCUT2D eigenvalue weighted by Crippen LogP contribution is 2.51. The van der Waals surface area contributed by atoms with Crippen LogP contribution in [0.4, 0.5) is 46.6 Å². The van der Waals surface area contributed by atoms with Gasteiger partial charge in [0.1, 0.15) is 12.4 Å². The van der Waals surface area contributed by atoms with E-state index in [0.29, 0.717) is 11.8 Å². The van der Waals surface area contributed by atoms with E-state index in [-0.39, 0.29) is 35.5 Å². The number of non-ortho nitro benzene ring substituents is 1. The smallest absolute Gasteiger partial charge is 0.460 e. The Morgan fingerprint density at radius 2 is 1.84 bits per heavy atom. The number of alkyl halides is 7. The molecule has 1 aromatic carbocycles. The Bertz CT molecular complexity index is 1660. The number of carbonyl (C=O) groups excluding carboxylic acids is 2. The molecule has 2 heterocycles. The highest BCUT2D eigenvalue weighted by Gasteiger charge is 2.73. The zero-order valence-electron chi connectivity index (χ0n) is 21.8. The van der Waals surface area contributed by atoms with Crippen molar-refractivity contribution in [2.24, 2.45) is 0 Å². The molecule has 45 heavy (non-hydrogen) atoms. The van der Waals surface area contributed by atoms with Gasteiger partial charge in [0.2, 0.25) is 5.16 Å². The fourth-order valence-electron chi connectivity index (χ4n) is 3.09. The van der Waals surface area contributed by atoms with Crippen molar-refractivity contribution in [3.63, 3.8) is 0 Å². The van der Waals surface area contributed by atoms with Gasteiger partial charge in [0.15, 0.2) is 11.6 Å². The number of amides is 1. The lowest BCUT2D eigenvalue weighted by Crippen LogP contribution is -2.50. The van der Waals surface area contributed by atoms with E-state index in [2.05, 4.69) is 27.1 Å². The Balaban J connectivity index is 1.85. The Labute approximate surface area is 248 Å². The molecule has 0 saturated carbocycles. The standard InChI is InChI=1S/C23H15F8N7O6S/c1-11(39)2-5-17(40)44-7-6-37-20(34-35-36-37)45-16-4-3-13(38(42)43)9-14(16)19(41)33-18-15(24)8-12(10-32-18)21(25,26)22(27,28)23(29,30)31/h2-5,8-10,39H,1,6-7H2,(H,32,33,41)/b5-2+. The number of esters is 1.